The van der Waals surface area contributed by atoms with Crippen LogP contribution in [0.4, 0.5) is 0 Å². The molecule has 0 bridgehead atoms. The number of halogens is 1. The fourth-order valence-electron chi connectivity index (χ4n) is 2.82. The first kappa shape index (κ1) is 21.3. The molecule has 2 N–H and O–H groups in total. The summed E-state index contributed by atoms with van der Waals surface area (Å²) in [6, 6.07) is 0. The Kier molecular flexibility index (Phi) is 10.8. The van der Waals surface area contributed by atoms with Crippen LogP contribution in [0.3, 0.4) is 0 Å². The molecule has 2 saturated heterocycles. The van der Waals surface area contributed by atoms with E-state index in [1.807, 2.05) is 18.8 Å². The number of nitrogens with one attached hydrogen (secondary N) is 2. The van der Waals surface area contributed by atoms with Crippen molar-refractivity contribution < 1.29 is 9.47 Å². The zero-order valence-electron chi connectivity index (χ0n) is 14.3. The van der Waals surface area contributed by atoms with E-state index in [4.69, 9.17) is 9.47 Å². The van der Waals surface area contributed by atoms with Gasteiger partial charge in [0.2, 0.25) is 0 Å². The second kappa shape index (κ2) is 11.7. The van der Waals surface area contributed by atoms with E-state index in [0.29, 0.717) is 0 Å². The molecule has 0 radical (unpaired) electrons. The minimum absolute atomic E-state index is 0. The highest BCUT2D eigenvalue weighted by Gasteiger charge is 2.31. The SMILES string of the molecule is CN=C(NCCN1CCOCC1)NCC1(SC)CCOCC1.I. The van der Waals surface area contributed by atoms with Gasteiger partial charge in [0.15, 0.2) is 5.96 Å². The number of hydrogen-bond acceptors (Lipinski definition) is 5. The van der Waals surface area contributed by atoms with Gasteiger partial charge in [-0.25, -0.2) is 0 Å². The van der Waals surface area contributed by atoms with Crippen LogP contribution in [-0.4, -0.2) is 88.1 Å². The van der Waals surface area contributed by atoms with Gasteiger partial charge in [-0.1, -0.05) is 0 Å². The van der Waals surface area contributed by atoms with Gasteiger partial charge in [-0.2, -0.15) is 11.8 Å². The molecule has 136 valence electrons. The Hall–Kier alpha value is 0.230. The van der Waals surface area contributed by atoms with Crippen LogP contribution in [0.5, 0.6) is 0 Å². The third kappa shape index (κ3) is 7.33. The zero-order valence-corrected chi connectivity index (χ0v) is 17.5. The van der Waals surface area contributed by atoms with Crippen molar-refractivity contribution in [2.24, 2.45) is 4.99 Å². The Morgan fingerprint density at radius 3 is 2.39 bits per heavy atom. The molecule has 2 aliphatic heterocycles. The highest BCUT2D eigenvalue weighted by molar-refractivity contribution is 14.0. The van der Waals surface area contributed by atoms with Gasteiger partial charge in [0.25, 0.3) is 0 Å². The molecular weight excluding hydrogens is 427 g/mol. The minimum atomic E-state index is 0. The number of aliphatic imine (C=N–C) groups is 1. The number of nitrogens with zero attached hydrogens (tertiary/aromatic N) is 2. The fourth-order valence-corrected chi connectivity index (χ4v) is 3.61. The van der Waals surface area contributed by atoms with Gasteiger partial charge >= 0.3 is 0 Å². The molecule has 0 spiro atoms. The zero-order chi connectivity index (χ0) is 15.7. The topological polar surface area (TPSA) is 58.1 Å². The normalized spacial score (nSPS) is 22.3. The van der Waals surface area contributed by atoms with Crippen LogP contribution >= 0.6 is 35.7 Å². The van der Waals surface area contributed by atoms with Gasteiger partial charge in [-0.05, 0) is 19.1 Å². The molecule has 0 aliphatic carbocycles. The maximum Gasteiger partial charge on any atom is 0.191 e. The Balaban J connectivity index is 0.00000264. The lowest BCUT2D eigenvalue weighted by Gasteiger charge is -2.36. The molecule has 2 aliphatic rings. The summed E-state index contributed by atoms with van der Waals surface area (Å²) in [6.07, 6.45) is 4.40. The summed E-state index contributed by atoms with van der Waals surface area (Å²) in [5, 5.41) is 6.90. The van der Waals surface area contributed by atoms with E-state index in [1.165, 1.54) is 0 Å². The molecule has 0 aromatic heterocycles. The van der Waals surface area contributed by atoms with Crippen molar-refractivity contribution in [2.45, 2.75) is 17.6 Å². The number of thioether (sulfide) groups is 1. The molecule has 2 fully saturated rings. The maximum absolute atomic E-state index is 5.49. The van der Waals surface area contributed by atoms with Crippen molar-refractivity contribution in [2.75, 3.05) is 72.5 Å². The maximum atomic E-state index is 5.49. The average Bonchev–Trinajstić information content (AvgIpc) is 2.59. The van der Waals surface area contributed by atoms with E-state index in [2.05, 4.69) is 26.8 Å². The summed E-state index contributed by atoms with van der Waals surface area (Å²) in [4.78, 5) is 6.75. The molecule has 6 nitrogen and oxygen atoms in total. The van der Waals surface area contributed by atoms with Gasteiger partial charge < -0.3 is 20.1 Å². The predicted octanol–water partition coefficient (Wildman–Crippen LogP) is 1.01. The standard InChI is InChI=1S/C15H30N4O2S.HI/c1-16-14(17-5-6-19-7-11-21-12-8-19)18-13-15(22-2)3-9-20-10-4-15;/h3-13H2,1-2H3,(H2,16,17,18);1H. The largest absolute Gasteiger partial charge is 0.381 e. The minimum Gasteiger partial charge on any atom is -0.381 e. The lowest BCUT2D eigenvalue weighted by atomic mass is 9.99. The molecule has 0 unspecified atom stereocenters. The van der Waals surface area contributed by atoms with Crippen molar-refractivity contribution >= 4 is 41.7 Å². The van der Waals surface area contributed by atoms with E-state index < -0.39 is 0 Å². The van der Waals surface area contributed by atoms with Crippen LogP contribution in [0.2, 0.25) is 0 Å². The van der Waals surface area contributed by atoms with E-state index in [-0.39, 0.29) is 28.7 Å². The Morgan fingerprint density at radius 2 is 1.78 bits per heavy atom. The summed E-state index contributed by atoms with van der Waals surface area (Å²) >= 11 is 1.94. The molecule has 8 heteroatoms. The summed E-state index contributed by atoms with van der Waals surface area (Å²) < 4.78 is 11.1. The van der Waals surface area contributed by atoms with Crippen LogP contribution in [-0.2, 0) is 9.47 Å². The quantitative estimate of drug-likeness (QED) is 0.352. The molecule has 0 aromatic rings. The number of morpholine rings is 1. The van der Waals surface area contributed by atoms with Crippen LogP contribution in [0.1, 0.15) is 12.8 Å². The molecular formula is C15H31IN4O2S. The number of hydrogen-bond donors (Lipinski definition) is 2. The smallest absolute Gasteiger partial charge is 0.191 e. The van der Waals surface area contributed by atoms with E-state index >= 15 is 0 Å². The summed E-state index contributed by atoms with van der Waals surface area (Å²) in [5.74, 6) is 0.896. The van der Waals surface area contributed by atoms with Crippen molar-refractivity contribution in [1.82, 2.24) is 15.5 Å². The predicted molar refractivity (Wildman–Crippen MR) is 108 cm³/mol. The summed E-state index contributed by atoms with van der Waals surface area (Å²) in [5.41, 5.74) is 0. The second-order valence-corrected chi connectivity index (χ2v) is 7.08. The van der Waals surface area contributed by atoms with Crippen LogP contribution in [0.15, 0.2) is 4.99 Å². The number of guanidine groups is 1. The average molecular weight is 458 g/mol. The molecule has 0 atom stereocenters. The van der Waals surface area contributed by atoms with Crippen LogP contribution in [0.25, 0.3) is 0 Å². The van der Waals surface area contributed by atoms with E-state index in [9.17, 15) is 0 Å². The van der Waals surface area contributed by atoms with Gasteiger partial charge in [-0.15, -0.1) is 24.0 Å². The van der Waals surface area contributed by atoms with Gasteiger partial charge in [-0.3, -0.25) is 9.89 Å². The van der Waals surface area contributed by atoms with Crippen molar-refractivity contribution in [3.05, 3.63) is 0 Å². The molecule has 2 heterocycles. The van der Waals surface area contributed by atoms with Gasteiger partial charge in [0.05, 0.1) is 13.2 Å². The molecule has 0 amide bonds. The monoisotopic (exact) mass is 458 g/mol. The molecule has 23 heavy (non-hydrogen) atoms. The lowest BCUT2D eigenvalue weighted by molar-refractivity contribution is 0.0389. The Labute approximate surface area is 161 Å². The molecule has 0 saturated carbocycles. The lowest BCUT2D eigenvalue weighted by Crippen LogP contribution is -2.49. The highest BCUT2D eigenvalue weighted by atomic mass is 127. The first-order valence-electron chi connectivity index (χ1n) is 8.15. The van der Waals surface area contributed by atoms with E-state index in [0.717, 1.165) is 78.0 Å². The summed E-state index contributed by atoms with van der Waals surface area (Å²) in [7, 11) is 1.83. The molecule has 2 rings (SSSR count). The van der Waals surface area contributed by atoms with Crippen LogP contribution in [0, 0.1) is 0 Å². The second-order valence-electron chi connectivity index (χ2n) is 5.81. The fraction of sp³-hybridized carbons (Fsp3) is 0.933. The first-order valence-corrected chi connectivity index (χ1v) is 9.38. The molecule has 0 aromatic carbocycles. The van der Waals surface area contributed by atoms with Gasteiger partial charge in [0.1, 0.15) is 0 Å². The van der Waals surface area contributed by atoms with Crippen molar-refractivity contribution in [3.8, 4) is 0 Å². The highest BCUT2D eigenvalue weighted by Crippen LogP contribution is 2.32. The van der Waals surface area contributed by atoms with Crippen LogP contribution < -0.4 is 10.6 Å². The van der Waals surface area contributed by atoms with Crippen molar-refractivity contribution in [1.29, 1.82) is 0 Å². The summed E-state index contributed by atoms with van der Waals surface area (Å²) in [6.45, 7) is 8.38. The van der Waals surface area contributed by atoms with Crippen molar-refractivity contribution in [3.63, 3.8) is 0 Å². The van der Waals surface area contributed by atoms with E-state index in [1.54, 1.807) is 0 Å². The number of ether oxygens (including phenoxy) is 2. The van der Waals surface area contributed by atoms with Gasteiger partial charge in [0, 0.05) is 57.7 Å². The third-order valence-electron chi connectivity index (χ3n) is 4.46. The first-order chi connectivity index (χ1) is 10.8. The third-order valence-corrected chi connectivity index (χ3v) is 5.88. The Bertz CT molecular complexity index is 348. The Morgan fingerprint density at radius 1 is 1.13 bits per heavy atom. The number of rotatable bonds is 6.